The number of carbonyl (C=O) groups excluding carboxylic acids is 2. The summed E-state index contributed by atoms with van der Waals surface area (Å²) in [5.74, 6) is -1.98. The van der Waals surface area contributed by atoms with E-state index in [2.05, 4.69) is 0 Å². The van der Waals surface area contributed by atoms with Crippen LogP contribution in [0.25, 0.3) is 0 Å². The Morgan fingerprint density at radius 3 is 2.58 bits per heavy atom. The van der Waals surface area contributed by atoms with Gasteiger partial charge in [-0.25, -0.2) is 4.79 Å². The molecule has 1 heterocycles. The van der Waals surface area contributed by atoms with Crippen LogP contribution < -0.4 is 0 Å². The summed E-state index contributed by atoms with van der Waals surface area (Å²) in [7, 11) is 0. The van der Waals surface area contributed by atoms with E-state index in [9.17, 15) is 9.59 Å². The summed E-state index contributed by atoms with van der Waals surface area (Å²) in [5.41, 5.74) is 0.895. The summed E-state index contributed by atoms with van der Waals surface area (Å²) in [6, 6.07) is 9.33. The van der Waals surface area contributed by atoms with Crippen LogP contribution in [0.4, 0.5) is 0 Å². The Hall–Kier alpha value is -1.88. The van der Waals surface area contributed by atoms with E-state index in [0.29, 0.717) is 0 Å². The molecule has 1 aromatic carbocycles. The second kappa shape index (κ2) is 5.40. The molecule has 1 atom stereocenters. The van der Waals surface area contributed by atoms with Crippen LogP contribution in [0.15, 0.2) is 30.3 Å². The average Bonchev–Trinajstić information content (AvgIpc) is 2.61. The lowest BCUT2D eigenvalue weighted by molar-refractivity contribution is -0.161. The molecule has 0 radical (unpaired) electrons. The zero-order valence-corrected chi connectivity index (χ0v) is 10.9. The van der Waals surface area contributed by atoms with Gasteiger partial charge in [-0.3, -0.25) is 4.79 Å². The van der Waals surface area contributed by atoms with Crippen molar-refractivity contribution >= 4 is 11.9 Å². The van der Waals surface area contributed by atoms with Crippen LogP contribution in [-0.4, -0.2) is 23.8 Å². The van der Waals surface area contributed by atoms with E-state index >= 15 is 0 Å². The lowest BCUT2D eigenvalue weighted by atomic mass is 10.2. The minimum atomic E-state index is -0.971. The molecular formula is C14H16O5. The van der Waals surface area contributed by atoms with E-state index in [1.54, 1.807) is 13.8 Å². The second-order valence-corrected chi connectivity index (χ2v) is 4.78. The number of benzene rings is 1. The Kier molecular flexibility index (Phi) is 3.85. The van der Waals surface area contributed by atoms with Crippen LogP contribution >= 0.6 is 0 Å². The molecule has 1 aliphatic rings. The Labute approximate surface area is 111 Å². The quantitative estimate of drug-likeness (QED) is 0.776. The van der Waals surface area contributed by atoms with Gasteiger partial charge in [0.25, 0.3) is 0 Å². The van der Waals surface area contributed by atoms with Crippen molar-refractivity contribution in [1.82, 2.24) is 0 Å². The summed E-state index contributed by atoms with van der Waals surface area (Å²) in [5, 5.41) is 0. The van der Waals surface area contributed by atoms with E-state index < -0.39 is 23.8 Å². The highest BCUT2D eigenvalue weighted by Gasteiger charge is 2.42. The van der Waals surface area contributed by atoms with Crippen molar-refractivity contribution in [2.75, 3.05) is 0 Å². The topological polar surface area (TPSA) is 61.8 Å². The van der Waals surface area contributed by atoms with Crippen molar-refractivity contribution < 1.29 is 23.8 Å². The van der Waals surface area contributed by atoms with Gasteiger partial charge in [0.1, 0.15) is 6.61 Å². The van der Waals surface area contributed by atoms with Crippen LogP contribution in [0.5, 0.6) is 0 Å². The summed E-state index contributed by atoms with van der Waals surface area (Å²) in [4.78, 5) is 23.1. The van der Waals surface area contributed by atoms with Crippen molar-refractivity contribution in [2.24, 2.45) is 0 Å². The van der Waals surface area contributed by atoms with Gasteiger partial charge in [-0.1, -0.05) is 30.3 Å². The molecule has 1 fully saturated rings. The predicted molar refractivity (Wildman–Crippen MR) is 65.9 cm³/mol. The van der Waals surface area contributed by atoms with Gasteiger partial charge >= 0.3 is 11.9 Å². The number of hydrogen-bond acceptors (Lipinski definition) is 5. The molecule has 0 saturated carbocycles. The summed E-state index contributed by atoms with van der Waals surface area (Å²) < 4.78 is 15.3. The minimum absolute atomic E-state index is 0.130. The molecule has 102 valence electrons. The molecule has 0 bridgehead atoms. The first-order valence-electron chi connectivity index (χ1n) is 6.06. The maximum atomic E-state index is 11.6. The highest BCUT2D eigenvalue weighted by Crippen LogP contribution is 2.25. The fourth-order valence-corrected chi connectivity index (χ4v) is 1.80. The van der Waals surface area contributed by atoms with E-state index in [1.807, 2.05) is 30.3 Å². The Morgan fingerprint density at radius 1 is 1.32 bits per heavy atom. The molecule has 0 unspecified atom stereocenters. The number of rotatable bonds is 4. The number of carbonyl (C=O) groups is 2. The highest BCUT2D eigenvalue weighted by atomic mass is 16.8. The molecule has 1 aromatic rings. The highest BCUT2D eigenvalue weighted by molar-refractivity contribution is 5.83. The van der Waals surface area contributed by atoms with E-state index in [-0.39, 0.29) is 13.0 Å². The maximum Gasteiger partial charge on any atom is 0.338 e. The van der Waals surface area contributed by atoms with Crippen LogP contribution in [0.2, 0.25) is 0 Å². The predicted octanol–water partition coefficient (Wildman–Crippen LogP) is 1.80. The summed E-state index contributed by atoms with van der Waals surface area (Å²) in [6.45, 7) is 3.44. The third-order valence-electron chi connectivity index (χ3n) is 2.63. The van der Waals surface area contributed by atoms with Crippen molar-refractivity contribution in [3.63, 3.8) is 0 Å². The van der Waals surface area contributed by atoms with Gasteiger partial charge in [0.15, 0.2) is 6.10 Å². The number of ether oxygens (including phenoxy) is 3. The molecule has 1 aliphatic heterocycles. The van der Waals surface area contributed by atoms with E-state index in [0.717, 1.165) is 5.56 Å². The van der Waals surface area contributed by atoms with Crippen LogP contribution in [0.1, 0.15) is 25.8 Å². The SMILES string of the molecule is CC1(C)OC(=O)[C@H](CC(=O)OCc2ccccc2)O1. The zero-order chi connectivity index (χ0) is 13.9. The smallest absolute Gasteiger partial charge is 0.338 e. The summed E-state index contributed by atoms with van der Waals surface area (Å²) >= 11 is 0. The van der Waals surface area contributed by atoms with Crippen molar-refractivity contribution in [2.45, 2.75) is 38.8 Å². The van der Waals surface area contributed by atoms with Gasteiger partial charge in [0, 0.05) is 13.8 Å². The van der Waals surface area contributed by atoms with Crippen LogP contribution in [-0.2, 0) is 30.4 Å². The molecule has 5 nitrogen and oxygen atoms in total. The van der Waals surface area contributed by atoms with Gasteiger partial charge in [-0.15, -0.1) is 0 Å². The van der Waals surface area contributed by atoms with Crippen LogP contribution in [0, 0.1) is 0 Å². The maximum absolute atomic E-state index is 11.6. The monoisotopic (exact) mass is 264 g/mol. The molecule has 19 heavy (non-hydrogen) atoms. The largest absolute Gasteiger partial charge is 0.461 e. The molecule has 0 aromatic heterocycles. The summed E-state index contributed by atoms with van der Waals surface area (Å²) in [6.07, 6.45) is -1.01. The standard InChI is InChI=1S/C14H16O5/c1-14(2)18-11(13(16)19-14)8-12(15)17-9-10-6-4-3-5-7-10/h3-7,11H,8-9H2,1-2H3/t11-/m0/s1. The van der Waals surface area contributed by atoms with Crippen molar-refractivity contribution in [1.29, 1.82) is 0 Å². The second-order valence-electron chi connectivity index (χ2n) is 4.78. The van der Waals surface area contributed by atoms with Crippen molar-refractivity contribution in [3.05, 3.63) is 35.9 Å². The van der Waals surface area contributed by atoms with Gasteiger partial charge in [0.05, 0.1) is 6.42 Å². The minimum Gasteiger partial charge on any atom is -0.461 e. The molecule has 1 saturated heterocycles. The molecule has 0 N–H and O–H groups in total. The average molecular weight is 264 g/mol. The fourth-order valence-electron chi connectivity index (χ4n) is 1.80. The molecule has 0 spiro atoms. The van der Waals surface area contributed by atoms with Gasteiger partial charge in [0.2, 0.25) is 5.79 Å². The number of cyclic esters (lactones) is 1. The first kappa shape index (κ1) is 13.5. The lowest BCUT2D eigenvalue weighted by Gasteiger charge is -2.14. The van der Waals surface area contributed by atoms with Crippen molar-refractivity contribution in [3.8, 4) is 0 Å². The van der Waals surface area contributed by atoms with E-state index in [4.69, 9.17) is 14.2 Å². The molecule has 2 rings (SSSR count). The molecule has 0 amide bonds. The fraction of sp³-hybridized carbons (Fsp3) is 0.429. The normalized spacial score (nSPS) is 20.9. The molecule has 0 aliphatic carbocycles. The van der Waals surface area contributed by atoms with E-state index in [1.165, 1.54) is 0 Å². The lowest BCUT2D eigenvalue weighted by Crippen LogP contribution is -2.24. The first-order chi connectivity index (χ1) is 8.96. The Bertz CT molecular complexity index is 466. The Morgan fingerprint density at radius 2 is 2.00 bits per heavy atom. The zero-order valence-electron chi connectivity index (χ0n) is 10.9. The molecule has 5 heteroatoms. The third-order valence-corrected chi connectivity index (χ3v) is 2.63. The third kappa shape index (κ3) is 3.79. The molecular weight excluding hydrogens is 248 g/mol. The number of esters is 2. The first-order valence-corrected chi connectivity index (χ1v) is 6.06. The number of hydrogen-bond donors (Lipinski definition) is 0. The Balaban J connectivity index is 1.81. The van der Waals surface area contributed by atoms with Gasteiger partial charge in [-0.2, -0.15) is 0 Å². The van der Waals surface area contributed by atoms with Gasteiger partial charge in [-0.05, 0) is 5.56 Å². The van der Waals surface area contributed by atoms with Crippen LogP contribution in [0.3, 0.4) is 0 Å². The van der Waals surface area contributed by atoms with Gasteiger partial charge < -0.3 is 14.2 Å².